The zero-order chi connectivity index (χ0) is 9.84. The molecule has 13 heavy (non-hydrogen) atoms. The second kappa shape index (κ2) is 3.70. The minimum atomic E-state index is -1.44. The van der Waals surface area contributed by atoms with E-state index in [4.69, 9.17) is 10.2 Å². The van der Waals surface area contributed by atoms with E-state index in [-0.39, 0.29) is 6.54 Å². The highest BCUT2D eigenvalue weighted by molar-refractivity contribution is 5.92. The quantitative estimate of drug-likeness (QED) is 0.625. The molecule has 2 N–H and O–H groups in total. The fourth-order valence-corrected chi connectivity index (χ4v) is 0.857. The van der Waals surface area contributed by atoms with Crippen LogP contribution in [0.15, 0.2) is 18.5 Å². The third kappa shape index (κ3) is 2.29. The molecule has 0 unspecified atom stereocenters. The van der Waals surface area contributed by atoms with Gasteiger partial charge in [-0.25, -0.2) is 0 Å². The van der Waals surface area contributed by atoms with E-state index in [0.717, 1.165) is 0 Å². The molecular weight excluding hydrogens is 176 g/mol. The molecule has 1 rings (SSSR count). The molecule has 0 bridgehead atoms. The molecule has 1 aromatic rings. The molecule has 0 amide bonds. The second-order valence-electron chi connectivity index (χ2n) is 2.46. The topological polar surface area (TPSA) is 92.4 Å². The van der Waals surface area contributed by atoms with Crippen molar-refractivity contribution in [1.29, 1.82) is 0 Å². The van der Waals surface area contributed by atoms with Crippen molar-refractivity contribution < 1.29 is 19.8 Å². The zero-order valence-corrected chi connectivity index (χ0v) is 6.62. The fraction of sp³-hybridized carbons (Fsp3) is 0.286. The van der Waals surface area contributed by atoms with Gasteiger partial charge in [0.25, 0.3) is 0 Å². The molecule has 70 valence electrons. The first-order chi connectivity index (χ1) is 6.11. The van der Waals surface area contributed by atoms with Crippen LogP contribution in [-0.2, 0) is 16.1 Å². The Morgan fingerprint density at radius 2 is 2.00 bits per heavy atom. The number of hydrogen-bond donors (Lipinski definition) is 2. The first-order valence-electron chi connectivity index (χ1n) is 3.54. The summed E-state index contributed by atoms with van der Waals surface area (Å²) in [6.07, 6.45) is 2.97. The van der Waals surface area contributed by atoms with Gasteiger partial charge in [0, 0.05) is 12.4 Å². The van der Waals surface area contributed by atoms with Gasteiger partial charge in [0.05, 0.1) is 6.54 Å². The number of carbonyl (C=O) groups is 2. The van der Waals surface area contributed by atoms with E-state index in [1.54, 1.807) is 6.07 Å². The summed E-state index contributed by atoms with van der Waals surface area (Å²) < 4.78 is 1.27. The Labute approximate surface area is 73.4 Å². The third-order valence-electron chi connectivity index (χ3n) is 1.53. The maximum absolute atomic E-state index is 10.4. The third-order valence-corrected chi connectivity index (χ3v) is 1.53. The lowest BCUT2D eigenvalue weighted by atomic mass is 10.1. The molecule has 6 nitrogen and oxygen atoms in total. The van der Waals surface area contributed by atoms with Gasteiger partial charge in [-0.2, -0.15) is 5.10 Å². The highest BCUT2D eigenvalue weighted by atomic mass is 16.4. The molecule has 0 aromatic carbocycles. The minimum absolute atomic E-state index is 0.155. The minimum Gasteiger partial charge on any atom is -0.481 e. The SMILES string of the molecule is O=C(O)C(Cn1cccn1)C(=O)O. The molecule has 0 aliphatic heterocycles. The standard InChI is InChI=1S/C7H8N2O4/c10-6(11)5(7(12)13)4-9-3-1-2-8-9/h1-3,5H,4H2,(H,10,11)(H,12,13). The zero-order valence-electron chi connectivity index (χ0n) is 6.62. The van der Waals surface area contributed by atoms with Gasteiger partial charge in [-0.1, -0.05) is 0 Å². The summed E-state index contributed by atoms with van der Waals surface area (Å²) in [6, 6.07) is 1.60. The van der Waals surface area contributed by atoms with Gasteiger partial charge < -0.3 is 10.2 Å². The normalized spacial score (nSPS) is 10.2. The van der Waals surface area contributed by atoms with Crippen molar-refractivity contribution in [3.63, 3.8) is 0 Å². The monoisotopic (exact) mass is 184 g/mol. The Morgan fingerprint density at radius 3 is 2.38 bits per heavy atom. The Hall–Kier alpha value is -1.85. The molecule has 0 atom stereocenters. The summed E-state index contributed by atoms with van der Waals surface area (Å²) in [5, 5.41) is 20.8. The maximum Gasteiger partial charge on any atom is 0.319 e. The van der Waals surface area contributed by atoms with Crippen LogP contribution in [0.3, 0.4) is 0 Å². The first-order valence-corrected chi connectivity index (χ1v) is 3.54. The van der Waals surface area contributed by atoms with Gasteiger partial charge in [0.1, 0.15) is 0 Å². The predicted molar refractivity (Wildman–Crippen MR) is 41.0 cm³/mol. The average Bonchev–Trinajstić information content (AvgIpc) is 2.50. The number of aliphatic carboxylic acids is 2. The van der Waals surface area contributed by atoms with Crippen LogP contribution in [0, 0.1) is 5.92 Å². The molecule has 0 aliphatic carbocycles. The lowest BCUT2D eigenvalue weighted by molar-refractivity contribution is -0.155. The van der Waals surface area contributed by atoms with Crippen LogP contribution in [0.1, 0.15) is 0 Å². The van der Waals surface area contributed by atoms with E-state index < -0.39 is 17.9 Å². The largest absolute Gasteiger partial charge is 0.481 e. The van der Waals surface area contributed by atoms with Gasteiger partial charge in [-0.15, -0.1) is 0 Å². The number of hydrogen-bond acceptors (Lipinski definition) is 3. The molecule has 0 spiro atoms. The molecule has 0 aliphatic rings. The van der Waals surface area contributed by atoms with Gasteiger partial charge in [-0.05, 0) is 6.07 Å². The summed E-state index contributed by atoms with van der Waals surface area (Å²) in [5.41, 5.74) is 0. The van der Waals surface area contributed by atoms with Crippen LogP contribution in [-0.4, -0.2) is 31.9 Å². The highest BCUT2D eigenvalue weighted by Gasteiger charge is 2.26. The molecule has 0 radical (unpaired) electrons. The Balaban J connectivity index is 2.69. The predicted octanol–water partition coefficient (Wildman–Crippen LogP) is -0.331. The fourth-order valence-electron chi connectivity index (χ4n) is 0.857. The van der Waals surface area contributed by atoms with E-state index in [0.29, 0.717) is 0 Å². The highest BCUT2D eigenvalue weighted by Crippen LogP contribution is 2.01. The van der Waals surface area contributed by atoms with E-state index in [1.165, 1.54) is 17.1 Å². The van der Waals surface area contributed by atoms with Crippen molar-refractivity contribution in [2.75, 3.05) is 0 Å². The van der Waals surface area contributed by atoms with Crippen LogP contribution in [0.4, 0.5) is 0 Å². The molecule has 1 heterocycles. The summed E-state index contributed by atoms with van der Waals surface area (Å²) in [7, 11) is 0. The Bertz CT molecular complexity index is 292. The number of carboxylic acids is 2. The summed E-state index contributed by atoms with van der Waals surface area (Å²) in [6.45, 7) is -0.155. The second-order valence-corrected chi connectivity index (χ2v) is 2.46. The van der Waals surface area contributed by atoms with Crippen molar-refractivity contribution >= 4 is 11.9 Å². The molecular formula is C7H8N2O4. The van der Waals surface area contributed by atoms with Gasteiger partial charge in [0.2, 0.25) is 0 Å². The van der Waals surface area contributed by atoms with Crippen LogP contribution in [0.2, 0.25) is 0 Å². The van der Waals surface area contributed by atoms with E-state index >= 15 is 0 Å². The number of aromatic nitrogens is 2. The van der Waals surface area contributed by atoms with Crippen LogP contribution >= 0.6 is 0 Å². The van der Waals surface area contributed by atoms with Gasteiger partial charge >= 0.3 is 11.9 Å². The summed E-state index contributed by atoms with van der Waals surface area (Å²) >= 11 is 0. The molecule has 1 aromatic heterocycles. The van der Waals surface area contributed by atoms with E-state index in [2.05, 4.69) is 5.10 Å². The summed E-state index contributed by atoms with van der Waals surface area (Å²) in [5.74, 6) is -4.16. The van der Waals surface area contributed by atoms with E-state index in [9.17, 15) is 9.59 Å². The van der Waals surface area contributed by atoms with Crippen molar-refractivity contribution in [2.24, 2.45) is 5.92 Å². The van der Waals surface area contributed by atoms with Crippen molar-refractivity contribution in [2.45, 2.75) is 6.54 Å². The van der Waals surface area contributed by atoms with Crippen LogP contribution < -0.4 is 0 Å². The Kier molecular flexibility index (Phi) is 2.63. The number of rotatable bonds is 4. The Morgan fingerprint density at radius 1 is 1.38 bits per heavy atom. The lowest BCUT2D eigenvalue weighted by Crippen LogP contribution is -2.28. The van der Waals surface area contributed by atoms with E-state index in [1.807, 2.05) is 0 Å². The number of nitrogens with zero attached hydrogens (tertiary/aromatic N) is 2. The van der Waals surface area contributed by atoms with Crippen molar-refractivity contribution in [3.05, 3.63) is 18.5 Å². The van der Waals surface area contributed by atoms with Crippen LogP contribution in [0.5, 0.6) is 0 Å². The van der Waals surface area contributed by atoms with Crippen molar-refractivity contribution in [3.8, 4) is 0 Å². The maximum atomic E-state index is 10.4. The van der Waals surface area contributed by atoms with Crippen LogP contribution in [0.25, 0.3) is 0 Å². The first kappa shape index (κ1) is 9.24. The molecule has 0 saturated heterocycles. The lowest BCUT2D eigenvalue weighted by Gasteiger charge is -2.06. The van der Waals surface area contributed by atoms with Gasteiger partial charge in [0.15, 0.2) is 5.92 Å². The summed E-state index contributed by atoms with van der Waals surface area (Å²) in [4.78, 5) is 20.9. The smallest absolute Gasteiger partial charge is 0.319 e. The van der Waals surface area contributed by atoms with Crippen molar-refractivity contribution in [1.82, 2.24) is 9.78 Å². The molecule has 0 fully saturated rings. The van der Waals surface area contributed by atoms with Gasteiger partial charge in [-0.3, -0.25) is 14.3 Å². The average molecular weight is 184 g/mol. The number of carboxylic acid groups (broad SMARTS) is 2. The molecule has 6 heteroatoms. The molecule has 0 saturated carbocycles.